The van der Waals surface area contributed by atoms with Crippen molar-refractivity contribution in [2.45, 2.75) is 31.2 Å². The molecule has 5 heteroatoms. The van der Waals surface area contributed by atoms with E-state index >= 15 is 0 Å². The topological polar surface area (TPSA) is 66.8 Å². The first kappa shape index (κ1) is 11.2. The first-order valence-corrected chi connectivity index (χ1v) is 5.89. The molecule has 1 amide bonds. The number of aliphatic hydroxyl groups excluding tert-OH is 1. The summed E-state index contributed by atoms with van der Waals surface area (Å²) in [6.45, 7) is 0.397. The number of carbonyl (C=O) groups excluding carboxylic acids is 2. The van der Waals surface area contributed by atoms with Crippen LogP contribution in [0.3, 0.4) is 0 Å². The van der Waals surface area contributed by atoms with Crippen LogP contribution in [-0.2, 0) is 20.9 Å². The molecule has 5 nitrogen and oxygen atoms in total. The van der Waals surface area contributed by atoms with Crippen molar-refractivity contribution in [1.82, 2.24) is 4.90 Å². The molecule has 0 aromatic heterocycles. The molecule has 2 fully saturated rings. The largest absolute Gasteiger partial charge is 0.457 e. The Balaban J connectivity index is 1.83. The third kappa shape index (κ3) is 1.67. The van der Waals surface area contributed by atoms with Gasteiger partial charge < -0.3 is 14.7 Å². The molecule has 1 aromatic rings. The predicted octanol–water partition coefficient (Wildman–Crippen LogP) is 0.0738. The van der Waals surface area contributed by atoms with Gasteiger partial charge in [-0.05, 0) is 5.56 Å². The molecule has 0 radical (unpaired) electrons. The molecule has 94 valence electrons. The fraction of sp³-hybridized carbons (Fsp3) is 0.385. The first-order chi connectivity index (χ1) is 8.66. The number of hydrogen-bond acceptors (Lipinski definition) is 4. The minimum absolute atomic E-state index is 0.167. The Kier molecular flexibility index (Phi) is 2.56. The Morgan fingerprint density at radius 2 is 2.00 bits per heavy atom. The van der Waals surface area contributed by atoms with Gasteiger partial charge in [0.15, 0.2) is 12.2 Å². The molecular formula is C13H13NO4. The highest BCUT2D eigenvalue weighted by atomic mass is 16.6. The van der Waals surface area contributed by atoms with Gasteiger partial charge in [-0.3, -0.25) is 9.59 Å². The lowest BCUT2D eigenvalue weighted by atomic mass is 10.1. The van der Waals surface area contributed by atoms with Gasteiger partial charge in [0.05, 0.1) is 12.5 Å². The van der Waals surface area contributed by atoms with E-state index in [-0.39, 0.29) is 24.3 Å². The molecule has 1 aromatic carbocycles. The highest BCUT2D eigenvalue weighted by molar-refractivity contribution is 5.88. The van der Waals surface area contributed by atoms with Crippen LogP contribution in [0.25, 0.3) is 0 Å². The van der Waals surface area contributed by atoms with Crippen molar-refractivity contribution < 1.29 is 19.4 Å². The van der Waals surface area contributed by atoms with E-state index in [1.807, 2.05) is 30.3 Å². The number of aliphatic hydroxyl groups is 1. The molecular weight excluding hydrogens is 234 g/mol. The molecule has 0 aliphatic carbocycles. The van der Waals surface area contributed by atoms with Gasteiger partial charge in [-0.1, -0.05) is 30.3 Å². The molecule has 3 atom stereocenters. The number of ether oxygens (including phenoxy) is 1. The van der Waals surface area contributed by atoms with Gasteiger partial charge in [-0.2, -0.15) is 0 Å². The van der Waals surface area contributed by atoms with E-state index in [1.54, 1.807) is 0 Å². The lowest BCUT2D eigenvalue weighted by Crippen LogP contribution is -2.34. The highest BCUT2D eigenvalue weighted by Gasteiger charge is 2.54. The van der Waals surface area contributed by atoms with E-state index in [0.717, 1.165) is 5.56 Å². The van der Waals surface area contributed by atoms with Gasteiger partial charge in [0.2, 0.25) is 0 Å². The number of hydrogen-bond donors (Lipinski definition) is 1. The van der Waals surface area contributed by atoms with E-state index in [0.29, 0.717) is 6.54 Å². The summed E-state index contributed by atoms with van der Waals surface area (Å²) in [6, 6.07) is 9.16. The average molecular weight is 247 g/mol. The number of esters is 1. The van der Waals surface area contributed by atoms with Crippen molar-refractivity contribution in [3.05, 3.63) is 35.9 Å². The van der Waals surface area contributed by atoms with E-state index in [4.69, 9.17) is 4.74 Å². The summed E-state index contributed by atoms with van der Waals surface area (Å²) in [5, 5.41) is 9.77. The van der Waals surface area contributed by atoms with Gasteiger partial charge in [-0.25, -0.2) is 0 Å². The van der Waals surface area contributed by atoms with E-state index in [2.05, 4.69) is 0 Å². The Bertz CT molecular complexity index is 487. The van der Waals surface area contributed by atoms with Crippen molar-refractivity contribution >= 4 is 11.9 Å². The number of benzene rings is 1. The summed E-state index contributed by atoms with van der Waals surface area (Å²) in [6.07, 6.45) is -1.75. The Labute approximate surface area is 104 Å². The molecule has 3 rings (SSSR count). The normalized spacial score (nSPS) is 30.5. The maximum absolute atomic E-state index is 11.9. The van der Waals surface area contributed by atoms with Crippen molar-refractivity contribution in [2.24, 2.45) is 0 Å². The molecule has 0 saturated carbocycles. The second-order valence-corrected chi connectivity index (χ2v) is 4.62. The molecule has 2 saturated heterocycles. The van der Waals surface area contributed by atoms with Gasteiger partial charge in [0, 0.05) is 6.54 Å². The molecule has 0 unspecified atom stereocenters. The van der Waals surface area contributed by atoms with E-state index in [1.165, 1.54) is 4.90 Å². The molecule has 2 aliphatic rings. The predicted molar refractivity (Wildman–Crippen MR) is 61.3 cm³/mol. The second kappa shape index (κ2) is 4.10. The van der Waals surface area contributed by atoms with Crippen LogP contribution >= 0.6 is 0 Å². The van der Waals surface area contributed by atoms with Crippen LogP contribution < -0.4 is 0 Å². The zero-order chi connectivity index (χ0) is 12.7. The summed E-state index contributed by atoms with van der Waals surface area (Å²) in [4.78, 5) is 24.7. The maximum Gasteiger partial charge on any atom is 0.308 e. The quantitative estimate of drug-likeness (QED) is 0.751. The summed E-state index contributed by atoms with van der Waals surface area (Å²) in [5.74, 6) is -0.712. The van der Waals surface area contributed by atoms with Crippen molar-refractivity contribution in [3.8, 4) is 0 Å². The van der Waals surface area contributed by atoms with Crippen LogP contribution in [0.4, 0.5) is 0 Å². The molecule has 2 aliphatic heterocycles. The fourth-order valence-corrected chi connectivity index (χ4v) is 2.58. The van der Waals surface area contributed by atoms with E-state index < -0.39 is 12.2 Å². The van der Waals surface area contributed by atoms with Crippen LogP contribution in [0, 0.1) is 0 Å². The number of likely N-dealkylation sites (tertiary alicyclic amines) is 1. The standard InChI is InChI=1S/C13H13NO4/c15-10-6-9-12(18-10)11(16)13(17)14(9)7-8-4-2-1-3-5-8/h1-5,9,11-12,16H,6-7H2/t9-,11-,12+/m1/s1. The van der Waals surface area contributed by atoms with Crippen LogP contribution in [0.15, 0.2) is 30.3 Å². The fourth-order valence-electron chi connectivity index (χ4n) is 2.58. The minimum Gasteiger partial charge on any atom is -0.457 e. The molecule has 0 spiro atoms. The number of nitrogens with zero attached hydrogens (tertiary/aromatic N) is 1. The van der Waals surface area contributed by atoms with Crippen molar-refractivity contribution in [3.63, 3.8) is 0 Å². The monoisotopic (exact) mass is 247 g/mol. The zero-order valence-electron chi connectivity index (χ0n) is 9.65. The van der Waals surface area contributed by atoms with Gasteiger partial charge in [0.25, 0.3) is 5.91 Å². The molecule has 0 bridgehead atoms. The summed E-state index contributed by atoms with van der Waals surface area (Å²) < 4.78 is 4.98. The van der Waals surface area contributed by atoms with Crippen LogP contribution in [0.2, 0.25) is 0 Å². The number of carbonyl (C=O) groups is 2. The third-order valence-corrected chi connectivity index (χ3v) is 3.47. The minimum atomic E-state index is -1.22. The molecule has 1 N–H and O–H groups in total. The Morgan fingerprint density at radius 1 is 1.28 bits per heavy atom. The molecule has 2 heterocycles. The second-order valence-electron chi connectivity index (χ2n) is 4.62. The van der Waals surface area contributed by atoms with Gasteiger partial charge in [-0.15, -0.1) is 0 Å². The zero-order valence-corrected chi connectivity index (χ0v) is 9.65. The van der Waals surface area contributed by atoms with Crippen molar-refractivity contribution in [1.29, 1.82) is 0 Å². The summed E-state index contributed by atoms with van der Waals surface area (Å²) in [7, 11) is 0. The summed E-state index contributed by atoms with van der Waals surface area (Å²) >= 11 is 0. The van der Waals surface area contributed by atoms with Gasteiger partial charge in [0.1, 0.15) is 0 Å². The average Bonchev–Trinajstić information content (AvgIpc) is 2.85. The Hall–Kier alpha value is -1.88. The lowest BCUT2D eigenvalue weighted by Gasteiger charge is -2.21. The van der Waals surface area contributed by atoms with Crippen molar-refractivity contribution in [2.75, 3.05) is 0 Å². The number of fused-ring (bicyclic) bond motifs is 1. The van der Waals surface area contributed by atoms with Crippen LogP contribution in [-0.4, -0.2) is 40.1 Å². The number of rotatable bonds is 2. The molecule has 18 heavy (non-hydrogen) atoms. The SMILES string of the molecule is O=C1C[C@@H]2[C@H](O1)[C@@H](O)C(=O)N2Cc1ccccc1. The van der Waals surface area contributed by atoms with Gasteiger partial charge >= 0.3 is 5.97 Å². The highest BCUT2D eigenvalue weighted by Crippen LogP contribution is 2.32. The first-order valence-electron chi connectivity index (χ1n) is 5.89. The van der Waals surface area contributed by atoms with E-state index in [9.17, 15) is 14.7 Å². The van der Waals surface area contributed by atoms with Crippen LogP contribution in [0.5, 0.6) is 0 Å². The maximum atomic E-state index is 11.9. The van der Waals surface area contributed by atoms with Crippen LogP contribution in [0.1, 0.15) is 12.0 Å². The number of amides is 1. The Morgan fingerprint density at radius 3 is 2.72 bits per heavy atom. The smallest absolute Gasteiger partial charge is 0.308 e. The summed E-state index contributed by atoms with van der Waals surface area (Å²) in [5.41, 5.74) is 0.970. The third-order valence-electron chi connectivity index (χ3n) is 3.47. The lowest BCUT2D eigenvalue weighted by molar-refractivity contribution is -0.148.